The van der Waals surface area contributed by atoms with Crippen molar-refractivity contribution in [2.75, 3.05) is 0 Å². The quantitative estimate of drug-likeness (QED) is 0.769. The van der Waals surface area contributed by atoms with Crippen molar-refractivity contribution in [2.24, 2.45) is 17.8 Å². The molecule has 0 saturated heterocycles. The third-order valence-electron chi connectivity index (χ3n) is 3.24. The number of ether oxygens (including phenoxy) is 1. The summed E-state index contributed by atoms with van der Waals surface area (Å²) >= 11 is 1.53. The Hall–Kier alpha value is -1.36. The van der Waals surface area contributed by atoms with E-state index < -0.39 is 29.4 Å². The predicted octanol–water partition coefficient (Wildman–Crippen LogP) is 4.00. The molecule has 1 heterocycles. The third kappa shape index (κ3) is 6.18. The normalized spacial score (nSPS) is 14.6. The van der Waals surface area contributed by atoms with Crippen LogP contribution in [-0.2, 0) is 20.7 Å². The number of hydrogen-bond acceptors (Lipinski definition) is 4. The van der Waals surface area contributed by atoms with Gasteiger partial charge >= 0.3 is 11.9 Å². The Labute approximate surface area is 136 Å². The summed E-state index contributed by atoms with van der Waals surface area (Å²) in [5.41, 5.74) is -0.619. The number of hydrogen-bond donors (Lipinski definition) is 1. The molecular weight excluding hydrogens is 300 g/mol. The van der Waals surface area contributed by atoms with Crippen molar-refractivity contribution in [2.45, 2.75) is 53.1 Å². The highest BCUT2D eigenvalue weighted by atomic mass is 32.1. The number of carboxylic acid groups (broad SMARTS) is 1. The zero-order valence-electron chi connectivity index (χ0n) is 14.0. The van der Waals surface area contributed by atoms with Gasteiger partial charge in [-0.05, 0) is 51.0 Å². The highest BCUT2D eigenvalue weighted by Crippen LogP contribution is 2.29. The summed E-state index contributed by atoms with van der Waals surface area (Å²) in [5.74, 6) is -2.53. The molecule has 1 rings (SSSR count). The first kappa shape index (κ1) is 18.7. The van der Waals surface area contributed by atoms with Gasteiger partial charge in [0.05, 0.1) is 11.8 Å². The van der Waals surface area contributed by atoms with Crippen LogP contribution in [0.25, 0.3) is 0 Å². The molecule has 0 aliphatic rings. The maximum absolute atomic E-state index is 12.5. The smallest absolute Gasteiger partial charge is 0.310 e. The van der Waals surface area contributed by atoms with Crippen LogP contribution in [0.15, 0.2) is 17.5 Å². The van der Waals surface area contributed by atoms with Crippen LogP contribution < -0.4 is 0 Å². The second-order valence-electron chi connectivity index (χ2n) is 7.00. The molecule has 0 bridgehead atoms. The van der Waals surface area contributed by atoms with Crippen molar-refractivity contribution < 1.29 is 19.4 Å². The molecule has 0 spiro atoms. The van der Waals surface area contributed by atoms with Crippen LogP contribution in [0.4, 0.5) is 0 Å². The summed E-state index contributed by atoms with van der Waals surface area (Å²) < 4.78 is 5.46. The lowest BCUT2D eigenvalue weighted by Gasteiger charge is -2.28. The van der Waals surface area contributed by atoms with E-state index >= 15 is 0 Å². The third-order valence-corrected chi connectivity index (χ3v) is 4.14. The van der Waals surface area contributed by atoms with E-state index in [9.17, 15) is 14.7 Å². The van der Waals surface area contributed by atoms with Crippen LogP contribution in [0.5, 0.6) is 0 Å². The van der Waals surface area contributed by atoms with Crippen LogP contribution >= 0.6 is 11.3 Å². The number of carbonyl (C=O) groups excluding carboxylic acids is 1. The molecule has 5 heteroatoms. The molecule has 0 radical (unpaired) electrons. The first-order valence-electron chi connectivity index (χ1n) is 7.58. The molecule has 0 saturated carbocycles. The Kier molecular flexibility index (Phi) is 6.60. The minimum atomic E-state index is -0.930. The molecule has 0 aliphatic heterocycles. The highest BCUT2D eigenvalue weighted by molar-refractivity contribution is 7.09. The minimum absolute atomic E-state index is 0.203. The maximum atomic E-state index is 12.5. The second kappa shape index (κ2) is 7.77. The van der Waals surface area contributed by atoms with Gasteiger partial charge in [-0.15, -0.1) is 11.3 Å². The van der Waals surface area contributed by atoms with Crippen LogP contribution in [0.1, 0.15) is 45.9 Å². The van der Waals surface area contributed by atoms with E-state index in [1.165, 1.54) is 11.3 Å². The van der Waals surface area contributed by atoms with Crippen molar-refractivity contribution >= 4 is 23.3 Å². The van der Waals surface area contributed by atoms with E-state index in [1.54, 1.807) is 20.8 Å². The Morgan fingerprint density at radius 3 is 2.32 bits per heavy atom. The van der Waals surface area contributed by atoms with Crippen LogP contribution in [0, 0.1) is 17.8 Å². The SMILES string of the molecule is CC(C)C[C@@H](C(=O)O)[C@@H](Cc1cccs1)C(=O)OC(C)(C)C. The van der Waals surface area contributed by atoms with E-state index in [-0.39, 0.29) is 5.92 Å². The number of carboxylic acids is 1. The van der Waals surface area contributed by atoms with E-state index in [1.807, 2.05) is 31.4 Å². The fourth-order valence-corrected chi connectivity index (χ4v) is 3.12. The molecule has 124 valence electrons. The molecule has 2 atom stereocenters. The fourth-order valence-electron chi connectivity index (χ4n) is 2.36. The van der Waals surface area contributed by atoms with Crippen LogP contribution in [-0.4, -0.2) is 22.6 Å². The van der Waals surface area contributed by atoms with Crippen LogP contribution in [0.2, 0.25) is 0 Å². The molecule has 4 nitrogen and oxygen atoms in total. The average molecular weight is 326 g/mol. The van der Waals surface area contributed by atoms with Crippen molar-refractivity contribution in [3.8, 4) is 0 Å². The van der Waals surface area contributed by atoms with Gasteiger partial charge in [0.15, 0.2) is 0 Å². The zero-order chi connectivity index (χ0) is 16.9. The van der Waals surface area contributed by atoms with E-state index in [2.05, 4.69) is 0 Å². The summed E-state index contributed by atoms with van der Waals surface area (Å²) in [6.45, 7) is 9.32. The molecule has 0 fully saturated rings. The summed E-state index contributed by atoms with van der Waals surface area (Å²) in [5, 5.41) is 11.5. The van der Waals surface area contributed by atoms with Crippen molar-refractivity contribution in [1.82, 2.24) is 0 Å². The minimum Gasteiger partial charge on any atom is -0.481 e. The molecule has 0 aliphatic carbocycles. The first-order valence-corrected chi connectivity index (χ1v) is 8.46. The molecule has 1 N–H and O–H groups in total. The van der Waals surface area contributed by atoms with Gasteiger partial charge in [0, 0.05) is 4.88 Å². The van der Waals surface area contributed by atoms with Gasteiger partial charge in [-0.3, -0.25) is 9.59 Å². The molecule has 0 aromatic carbocycles. The first-order chi connectivity index (χ1) is 10.1. The summed E-state index contributed by atoms with van der Waals surface area (Å²) in [4.78, 5) is 25.2. The van der Waals surface area contributed by atoms with Gasteiger partial charge in [0.1, 0.15) is 5.60 Å². The number of esters is 1. The standard InChI is InChI=1S/C17H26O4S/c1-11(2)9-13(15(18)19)14(10-12-7-6-8-22-12)16(20)21-17(3,4)5/h6-8,11,13-14H,9-10H2,1-5H3,(H,18,19)/t13-,14-/m1/s1. The van der Waals surface area contributed by atoms with Gasteiger partial charge in [-0.1, -0.05) is 19.9 Å². The molecule has 22 heavy (non-hydrogen) atoms. The largest absolute Gasteiger partial charge is 0.481 e. The Balaban J connectivity index is 3.02. The number of thiophene rings is 1. The monoisotopic (exact) mass is 326 g/mol. The average Bonchev–Trinajstić information content (AvgIpc) is 2.83. The second-order valence-corrected chi connectivity index (χ2v) is 8.03. The lowest BCUT2D eigenvalue weighted by atomic mass is 9.83. The van der Waals surface area contributed by atoms with E-state index in [4.69, 9.17) is 4.74 Å². The fraction of sp³-hybridized carbons (Fsp3) is 0.647. The van der Waals surface area contributed by atoms with Crippen molar-refractivity contribution in [1.29, 1.82) is 0 Å². The van der Waals surface area contributed by atoms with Gasteiger partial charge in [-0.2, -0.15) is 0 Å². The van der Waals surface area contributed by atoms with Gasteiger partial charge in [0.2, 0.25) is 0 Å². The molecule has 0 unspecified atom stereocenters. The zero-order valence-corrected chi connectivity index (χ0v) is 14.8. The number of carbonyl (C=O) groups is 2. The molecular formula is C17H26O4S. The number of rotatable bonds is 7. The van der Waals surface area contributed by atoms with Crippen molar-refractivity contribution in [3.63, 3.8) is 0 Å². The van der Waals surface area contributed by atoms with Gasteiger partial charge in [0.25, 0.3) is 0 Å². The lowest BCUT2D eigenvalue weighted by Crippen LogP contribution is -2.37. The van der Waals surface area contributed by atoms with Crippen LogP contribution in [0.3, 0.4) is 0 Å². The number of aliphatic carboxylic acids is 1. The lowest BCUT2D eigenvalue weighted by molar-refractivity contribution is -0.167. The molecule has 0 amide bonds. The molecule has 1 aromatic heterocycles. The summed E-state index contributed by atoms with van der Waals surface area (Å²) in [6, 6.07) is 3.83. The Morgan fingerprint density at radius 2 is 1.91 bits per heavy atom. The highest BCUT2D eigenvalue weighted by Gasteiger charge is 2.37. The summed E-state index contributed by atoms with van der Waals surface area (Å²) in [7, 11) is 0. The van der Waals surface area contributed by atoms with E-state index in [0.29, 0.717) is 12.8 Å². The Bertz CT molecular complexity index is 485. The maximum Gasteiger partial charge on any atom is 0.310 e. The Morgan fingerprint density at radius 1 is 1.27 bits per heavy atom. The summed E-state index contributed by atoms with van der Waals surface area (Å²) in [6.07, 6.45) is 0.876. The van der Waals surface area contributed by atoms with Crippen molar-refractivity contribution in [3.05, 3.63) is 22.4 Å². The molecule has 1 aromatic rings. The predicted molar refractivity (Wildman–Crippen MR) is 87.9 cm³/mol. The van der Waals surface area contributed by atoms with Gasteiger partial charge in [-0.25, -0.2) is 0 Å². The topological polar surface area (TPSA) is 63.6 Å². The van der Waals surface area contributed by atoms with E-state index in [0.717, 1.165) is 4.88 Å². The van der Waals surface area contributed by atoms with Gasteiger partial charge < -0.3 is 9.84 Å².